The Hall–Kier alpha value is -0.306. The average molecular weight is 705 g/mol. The number of hydrogen-bond acceptors (Lipinski definition) is 4. The molecule has 6 heteroatoms. The Kier molecular flexibility index (Phi) is 19.4. The number of aliphatic imine (C=N–C) groups is 2. The van der Waals surface area contributed by atoms with Gasteiger partial charge >= 0.3 is 0 Å². The van der Waals surface area contributed by atoms with Crippen molar-refractivity contribution in [2.24, 2.45) is 57.3 Å². The minimum absolute atomic E-state index is 0.395. The summed E-state index contributed by atoms with van der Waals surface area (Å²) in [7, 11) is -3.21. The topological polar surface area (TPSA) is 43.2 Å². The van der Waals surface area contributed by atoms with Gasteiger partial charge in [-0.2, -0.15) is 0 Å². The van der Waals surface area contributed by atoms with E-state index >= 15 is 0 Å². The first-order chi connectivity index (χ1) is 22.7. The fourth-order valence-corrected chi connectivity index (χ4v) is 11.8. The lowest BCUT2D eigenvalue weighted by molar-refractivity contribution is 0.141. The molecule has 48 heavy (non-hydrogen) atoms. The molecule has 2 rings (SSSR count). The molecule has 2 saturated carbocycles. The monoisotopic (exact) mass is 705 g/mol. The van der Waals surface area contributed by atoms with E-state index in [1.807, 2.05) is 0 Å². The lowest BCUT2D eigenvalue weighted by Crippen LogP contribution is -2.40. The zero-order valence-corrected chi connectivity index (χ0v) is 36.8. The molecule has 4 unspecified atom stereocenters. The SMILES string of the molecule is CC[Si](C)(CC)OCCCC(=NC1C(C(C)C)CCCC1C(C)C)C(CCCO[Si](C)(CC)CC)=NC1C(C(C)C)CCCC1C(C)C. The van der Waals surface area contributed by atoms with Gasteiger partial charge in [0.05, 0.1) is 23.5 Å². The van der Waals surface area contributed by atoms with Crippen LogP contribution in [0.1, 0.15) is 147 Å². The molecule has 0 amide bonds. The average Bonchev–Trinajstić information content (AvgIpc) is 3.06. The Morgan fingerprint density at radius 1 is 0.521 bits per heavy atom. The maximum Gasteiger partial charge on any atom is 0.189 e. The molecule has 0 radical (unpaired) electrons. The Balaban J connectivity index is 2.65. The molecule has 0 heterocycles. The van der Waals surface area contributed by atoms with Crippen LogP contribution < -0.4 is 0 Å². The van der Waals surface area contributed by atoms with E-state index in [1.54, 1.807) is 0 Å². The lowest BCUT2D eigenvalue weighted by Gasteiger charge is -2.41. The van der Waals surface area contributed by atoms with E-state index in [1.165, 1.54) is 74.1 Å². The smallest absolute Gasteiger partial charge is 0.189 e. The Labute approximate surface area is 303 Å². The summed E-state index contributed by atoms with van der Waals surface area (Å²) in [6, 6.07) is 5.56. The maximum absolute atomic E-state index is 6.70. The quantitative estimate of drug-likeness (QED) is 0.0678. The zero-order chi connectivity index (χ0) is 36.1. The predicted octanol–water partition coefficient (Wildman–Crippen LogP) is 12.9. The minimum Gasteiger partial charge on any atom is -0.417 e. The first-order valence-electron chi connectivity index (χ1n) is 21.1. The van der Waals surface area contributed by atoms with Crippen molar-refractivity contribution in [3.63, 3.8) is 0 Å². The van der Waals surface area contributed by atoms with Crippen LogP contribution in [-0.4, -0.2) is 53.4 Å². The summed E-state index contributed by atoms with van der Waals surface area (Å²) in [4.78, 5) is 12.0. The Morgan fingerprint density at radius 3 is 1.02 bits per heavy atom. The molecule has 0 aromatic heterocycles. The van der Waals surface area contributed by atoms with Gasteiger partial charge in [0.15, 0.2) is 16.6 Å². The third-order valence-electron chi connectivity index (χ3n) is 13.3. The van der Waals surface area contributed by atoms with Crippen LogP contribution in [0.4, 0.5) is 0 Å². The molecule has 0 bridgehead atoms. The molecule has 4 nitrogen and oxygen atoms in total. The van der Waals surface area contributed by atoms with Gasteiger partial charge in [-0.05, 0) is 136 Å². The second-order valence-corrected chi connectivity index (χ2v) is 27.0. The van der Waals surface area contributed by atoms with Gasteiger partial charge in [0.2, 0.25) is 0 Å². The third kappa shape index (κ3) is 13.0. The first kappa shape index (κ1) is 43.9. The molecule has 2 aliphatic carbocycles. The van der Waals surface area contributed by atoms with Gasteiger partial charge in [-0.25, -0.2) is 0 Å². The zero-order valence-electron chi connectivity index (χ0n) is 34.8. The molecule has 2 fully saturated rings. The van der Waals surface area contributed by atoms with Crippen LogP contribution in [0.5, 0.6) is 0 Å². The molecule has 0 aromatic rings. The molecule has 4 atom stereocenters. The number of rotatable bonds is 21. The highest BCUT2D eigenvalue weighted by Gasteiger charge is 2.39. The third-order valence-corrected chi connectivity index (χ3v) is 21.1. The standard InChI is InChI=1S/C42H84N2O2Si2/c1-15-47(13,16-2)45-29-21-27-39(43-41-35(31(5)6)23-19-24-36(41)32(7)8)40(28-22-30-46-48(14,17-3)18-4)44-42-37(33(9)10)25-20-26-38(42)34(11)12/h31-38,41-42H,15-30H2,1-14H3. The van der Waals surface area contributed by atoms with Crippen molar-refractivity contribution in [1.29, 1.82) is 0 Å². The van der Waals surface area contributed by atoms with Crippen molar-refractivity contribution in [3.05, 3.63) is 0 Å². The van der Waals surface area contributed by atoms with Crippen molar-refractivity contribution in [2.75, 3.05) is 13.2 Å². The number of hydrogen-bond donors (Lipinski definition) is 0. The summed E-state index contributed by atoms with van der Waals surface area (Å²) in [5.41, 5.74) is 2.67. The van der Waals surface area contributed by atoms with Gasteiger partial charge in [-0.1, -0.05) is 95.9 Å². The maximum atomic E-state index is 6.70. The van der Waals surface area contributed by atoms with Crippen molar-refractivity contribution in [1.82, 2.24) is 0 Å². The van der Waals surface area contributed by atoms with Crippen molar-refractivity contribution in [2.45, 2.75) is 197 Å². The van der Waals surface area contributed by atoms with Gasteiger partial charge in [0.1, 0.15) is 0 Å². The van der Waals surface area contributed by atoms with Crippen molar-refractivity contribution >= 4 is 28.1 Å². The van der Waals surface area contributed by atoms with E-state index in [0.29, 0.717) is 59.4 Å². The first-order valence-corrected chi connectivity index (χ1v) is 26.7. The second kappa shape index (κ2) is 21.3. The normalized spacial score (nSPS) is 26.8. The van der Waals surface area contributed by atoms with Gasteiger partial charge in [-0.3, -0.25) is 9.98 Å². The fraction of sp³-hybridized carbons (Fsp3) is 0.952. The van der Waals surface area contributed by atoms with Crippen LogP contribution in [0.2, 0.25) is 37.3 Å². The lowest BCUT2D eigenvalue weighted by atomic mass is 9.68. The van der Waals surface area contributed by atoms with Gasteiger partial charge in [-0.15, -0.1) is 0 Å². The van der Waals surface area contributed by atoms with Crippen LogP contribution in [0.15, 0.2) is 9.98 Å². The van der Waals surface area contributed by atoms with E-state index in [9.17, 15) is 0 Å². The summed E-state index contributed by atoms with van der Waals surface area (Å²) in [5.74, 6) is 5.22. The molecule has 0 saturated heterocycles. The highest BCUT2D eigenvalue weighted by molar-refractivity contribution is 6.72. The summed E-state index contributed by atoms with van der Waals surface area (Å²) in [5, 5.41) is 0. The summed E-state index contributed by atoms with van der Waals surface area (Å²) in [6.45, 7) is 35.4. The molecule has 0 aromatic carbocycles. The molecule has 2 aliphatic rings. The molecule has 0 aliphatic heterocycles. The Morgan fingerprint density at radius 2 is 0.792 bits per heavy atom. The highest BCUT2D eigenvalue weighted by Crippen LogP contribution is 2.42. The minimum atomic E-state index is -1.60. The number of nitrogens with zero attached hydrogens (tertiary/aromatic N) is 2. The summed E-state index contributed by atoms with van der Waals surface area (Å²) >= 11 is 0. The van der Waals surface area contributed by atoms with Crippen molar-refractivity contribution in [3.8, 4) is 0 Å². The largest absolute Gasteiger partial charge is 0.417 e. The molecule has 0 spiro atoms. The van der Waals surface area contributed by atoms with Crippen molar-refractivity contribution < 1.29 is 8.85 Å². The molecular weight excluding hydrogens is 621 g/mol. The van der Waals surface area contributed by atoms with E-state index in [2.05, 4.69) is 96.2 Å². The van der Waals surface area contributed by atoms with Gasteiger partial charge < -0.3 is 8.85 Å². The summed E-state index contributed by atoms with van der Waals surface area (Å²) < 4.78 is 13.4. The van der Waals surface area contributed by atoms with E-state index in [-0.39, 0.29) is 0 Å². The van der Waals surface area contributed by atoms with Crippen LogP contribution in [-0.2, 0) is 8.85 Å². The van der Waals surface area contributed by atoms with Crippen LogP contribution in [0, 0.1) is 47.3 Å². The van der Waals surface area contributed by atoms with E-state index < -0.39 is 16.6 Å². The fourth-order valence-electron chi connectivity index (χ4n) is 8.74. The predicted molar refractivity (Wildman–Crippen MR) is 219 cm³/mol. The van der Waals surface area contributed by atoms with E-state index in [4.69, 9.17) is 18.8 Å². The summed E-state index contributed by atoms with van der Waals surface area (Å²) in [6.07, 6.45) is 12.0. The molecule has 0 N–H and O–H groups in total. The van der Waals surface area contributed by atoms with E-state index in [0.717, 1.165) is 38.9 Å². The van der Waals surface area contributed by atoms with Crippen LogP contribution in [0.3, 0.4) is 0 Å². The van der Waals surface area contributed by atoms with Gasteiger partial charge in [0, 0.05) is 13.2 Å². The Bertz CT molecular complexity index is 845. The van der Waals surface area contributed by atoms with Gasteiger partial charge in [0.25, 0.3) is 0 Å². The second-order valence-electron chi connectivity index (χ2n) is 17.8. The van der Waals surface area contributed by atoms with Crippen LogP contribution in [0.25, 0.3) is 0 Å². The highest BCUT2D eigenvalue weighted by atomic mass is 28.4. The van der Waals surface area contributed by atoms with Crippen LogP contribution >= 0.6 is 0 Å². The molecular formula is C42H84N2O2Si2. The molecule has 282 valence electrons.